The zero-order valence-electron chi connectivity index (χ0n) is 32.3. The van der Waals surface area contributed by atoms with Gasteiger partial charge in [-0.15, -0.1) is 0 Å². The molecular weight excluding hydrogens is 675 g/mol. The molecular formula is C55H43N. The van der Waals surface area contributed by atoms with Crippen LogP contribution in [0, 0.1) is 0 Å². The number of nitrogens with zero attached hydrogens (tertiary/aromatic N) is 1. The molecule has 0 fully saturated rings. The summed E-state index contributed by atoms with van der Waals surface area (Å²) in [6.45, 7) is 9.08. The second-order valence-electron chi connectivity index (χ2n) is 16.4. The Morgan fingerprint density at radius 3 is 1.30 bits per heavy atom. The molecule has 1 nitrogen and oxygen atoms in total. The normalized spacial score (nSPS) is 13.5. The van der Waals surface area contributed by atoms with Gasteiger partial charge in [-0.05, 0) is 125 Å². The van der Waals surface area contributed by atoms with Crippen molar-refractivity contribution in [2.75, 3.05) is 4.90 Å². The van der Waals surface area contributed by atoms with Crippen LogP contribution in [0.15, 0.2) is 176 Å². The van der Waals surface area contributed by atoms with E-state index in [1.807, 2.05) is 0 Å². The second kappa shape index (κ2) is 12.3. The molecule has 0 N–H and O–H groups in total. The van der Waals surface area contributed by atoms with Gasteiger partial charge in [0, 0.05) is 16.8 Å². The van der Waals surface area contributed by atoms with Gasteiger partial charge in [0.25, 0.3) is 0 Å². The number of anilines is 3. The molecule has 0 atom stereocenters. The maximum atomic E-state index is 2.54. The van der Waals surface area contributed by atoms with Crippen molar-refractivity contribution < 1.29 is 0 Å². The van der Waals surface area contributed by atoms with Gasteiger partial charge >= 0.3 is 0 Å². The van der Waals surface area contributed by atoms with Crippen molar-refractivity contribution in [1.82, 2.24) is 0 Å². The van der Waals surface area contributed by atoms with Crippen molar-refractivity contribution in [2.45, 2.75) is 44.9 Å². The molecule has 0 amide bonds. The van der Waals surface area contributed by atoms with Crippen LogP contribution in [0.25, 0.3) is 54.6 Å². The zero-order valence-corrected chi connectivity index (χ0v) is 32.3. The highest BCUT2D eigenvalue weighted by atomic mass is 15.1. The first-order valence-electron chi connectivity index (χ1n) is 20.2. The summed E-state index contributed by atoms with van der Waals surface area (Å²) < 4.78 is 0. The molecule has 56 heavy (non-hydrogen) atoms. The fourth-order valence-corrected chi connectivity index (χ4v) is 10.3. The van der Waals surface area contributed by atoms with E-state index in [9.17, 15) is 0 Å². The van der Waals surface area contributed by atoms with Crippen molar-refractivity contribution in [3.8, 4) is 22.3 Å². The molecule has 2 aliphatic carbocycles. The van der Waals surface area contributed by atoms with E-state index in [2.05, 4.69) is 209 Å². The Morgan fingerprint density at radius 1 is 0.375 bits per heavy atom. The van der Waals surface area contributed by atoms with Crippen LogP contribution < -0.4 is 4.90 Å². The van der Waals surface area contributed by atoms with Crippen molar-refractivity contribution in [1.29, 1.82) is 0 Å². The van der Waals surface area contributed by atoms with Gasteiger partial charge in [0.2, 0.25) is 0 Å². The third-order valence-electron chi connectivity index (χ3n) is 12.8. The van der Waals surface area contributed by atoms with Crippen molar-refractivity contribution in [3.63, 3.8) is 0 Å². The lowest BCUT2D eigenvalue weighted by atomic mass is 9.68. The number of hydrogen-bond acceptors (Lipinski definition) is 1. The Morgan fingerprint density at radius 2 is 0.786 bits per heavy atom. The van der Waals surface area contributed by atoms with E-state index in [0.29, 0.717) is 11.8 Å². The molecule has 2 aliphatic rings. The molecule has 11 rings (SSSR count). The molecule has 9 aromatic carbocycles. The predicted molar refractivity (Wildman–Crippen MR) is 238 cm³/mol. The van der Waals surface area contributed by atoms with E-state index in [1.54, 1.807) is 0 Å². The largest absolute Gasteiger partial charge is 0.310 e. The third kappa shape index (κ3) is 4.43. The molecule has 0 saturated carbocycles. The first-order chi connectivity index (χ1) is 27.5. The van der Waals surface area contributed by atoms with Gasteiger partial charge in [-0.3, -0.25) is 0 Å². The minimum absolute atomic E-state index is 0.455. The highest BCUT2D eigenvalue weighted by Crippen LogP contribution is 2.67. The summed E-state index contributed by atoms with van der Waals surface area (Å²) >= 11 is 0. The molecule has 268 valence electrons. The number of hydrogen-bond donors (Lipinski definition) is 0. The van der Waals surface area contributed by atoms with Gasteiger partial charge in [-0.1, -0.05) is 173 Å². The quantitative estimate of drug-likeness (QED) is 0.160. The van der Waals surface area contributed by atoms with Gasteiger partial charge in [0.15, 0.2) is 0 Å². The highest BCUT2D eigenvalue weighted by Gasteiger charge is 2.54. The van der Waals surface area contributed by atoms with Gasteiger partial charge in [0.1, 0.15) is 0 Å². The summed E-state index contributed by atoms with van der Waals surface area (Å²) in [5.74, 6) is 0.910. The van der Waals surface area contributed by atoms with Gasteiger partial charge in [-0.2, -0.15) is 0 Å². The maximum Gasteiger partial charge on any atom is 0.0737 e. The summed E-state index contributed by atoms with van der Waals surface area (Å²) in [7, 11) is 0. The SMILES string of the molecule is CC(C)c1ccc(N(c2ccc(C(C)C)cc2)c2cc3c(c4ccccc24)C2(c4ccccc4-c4ccccc42)c2c-3c3ccccc3c3ccccc23)cc1. The lowest BCUT2D eigenvalue weighted by molar-refractivity contribution is 0.809. The van der Waals surface area contributed by atoms with E-state index in [0.717, 1.165) is 11.4 Å². The van der Waals surface area contributed by atoms with E-state index in [-0.39, 0.29) is 0 Å². The molecule has 0 unspecified atom stereocenters. The highest BCUT2D eigenvalue weighted by molar-refractivity contribution is 6.22. The summed E-state index contributed by atoms with van der Waals surface area (Å²) in [5, 5.41) is 7.76. The first kappa shape index (κ1) is 32.9. The van der Waals surface area contributed by atoms with Crippen LogP contribution in [-0.2, 0) is 5.41 Å². The van der Waals surface area contributed by atoms with Crippen LogP contribution in [0.4, 0.5) is 17.1 Å². The minimum Gasteiger partial charge on any atom is -0.310 e. The Hall–Kier alpha value is -6.44. The lowest BCUT2D eigenvalue weighted by Gasteiger charge is -2.33. The fourth-order valence-electron chi connectivity index (χ4n) is 10.3. The van der Waals surface area contributed by atoms with Gasteiger partial charge in [0.05, 0.1) is 11.1 Å². The topological polar surface area (TPSA) is 3.24 Å². The number of benzene rings is 9. The van der Waals surface area contributed by atoms with Crippen LogP contribution in [0.2, 0.25) is 0 Å². The molecule has 1 heteroatoms. The van der Waals surface area contributed by atoms with Crippen LogP contribution in [0.1, 0.15) is 72.9 Å². The molecule has 0 saturated heterocycles. The Balaban J connectivity index is 1.33. The van der Waals surface area contributed by atoms with Crippen molar-refractivity contribution >= 4 is 49.4 Å². The molecule has 0 aromatic heterocycles. The van der Waals surface area contributed by atoms with E-state index in [1.165, 1.54) is 93.6 Å². The summed E-state index contributed by atoms with van der Waals surface area (Å²) in [6.07, 6.45) is 0. The summed E-state index contributed by atoms with van der Waals surface area (Å²) in [6, 6.07) is 66.8. The van der Waals surface area contributed by atoms with E-state index < -0.39 is 5.41 Å². The standard InChI is InChI=1S/C55H43N/c1-34(2)36-25-29-38(30-26-36)56(39-31-27-37(28-32-39)35(3)4)51-33-48-52-45-20-8-5-15-40(45)41-16-6-9-21-46(41)54(52)55(53(48)47-22-10-7-19-44(47)51)49-23-13-11-17-42(49)43-18-12-14-24-50(43)55/h5-35H,1-4H3. The molecule has 0 aliphatic heterocycles. The first-order valence-corrected chi connectivity index (χ1v) is 20.2. The average Bonchev–Trinajstić information content (AvgIpc) is 3.72. The summed E-state index contributed by atoms with van der Waals surface area (Å²) in [5.41, 5.74) is 16.5. The van der Waals surface area contributed by atoms with Crippen LogP contribution in [0.5, 0.6) is 0 Å². The lowest BCUT2D eigenvalue weighted by Crippen LogP contribution is -2.26. The van der Waals surface area contributed by atoms with Crippen molar-refractivity contribution in [3.05, 3.63) is 209 Å². The smallest absolute Gasteiger partial charge is 0.0737 e. The van der Waals surface area contributed by atoms with Crippen LogP contribution in [-0.4, -0.2) is 0 Å². The number of fused-ring (bicyclic) bond motifs is 17. The molecule has 9 aromatic rings. The molecule has 0 radical (unpaired) electrons. The van der Waals surface area contributed by atoms with Crippen LogP contribution >= 0.6 is 0 Å². The second-order valence-corrected chi connectivity index (χ2v) is 16.4. The van der Waals surface area contributed by atoms with Crippen molar-refractivity contribution in [2.24, 2.45) is 0 Å². The average molecular weight is 718 g/mol. The Labute approximate surface area is 329 Å². The zero-order chi connectivity index (χ0) is 37.7. The van der Waals surface area contributed by atoms with E-state index >= 15 is 0 Å². The Kier molecular flexibility index (Phi) is 7.23. The number of rotatable bonds is 5. The van der Waals surface area contributed by atoms with Crippen LogP contribution in [0.3, 0.4) is 0 Å². The maximum absolute atomic E-state index is 2.54. The fraction of sp³-hybridized carbons (Fsp3) is 0.127. The van der Waals surface area contributed by atoms with E-state index in [4.69, 9.17) is 0 Å². The van der Waals surface area contributed by atoms with Gasteiger partial charge in [-0.25, -0.2) is 0 Å². The minimum atomic E-state index is -0.512. The predicted octanol–water partition coefficient (Wildman–Crippen LogP) is 15.2. The Bertz CT molecular complexity index is 2920. The van der Waals surface area contributed by atoms with Gasteiger partial charge < -0.3 is 4.90 Å². The monoisotopic (exact) mass is 717 g/mol. The third-order valence-corrected chi connectivity index (χ3v) is 12.8. The molecule has 0 heterocycles. The molecule has 1 spiro atoms. The molecule has 0 bridgehead atoms. The summed E-state index contributed by atoms with van der Waals surface area (Å²) in [4.78, 5) is 2.50.